The number of benzene rings is 8. The summed E-state index contributed by atoms with van der Waals surface area (Å²) >= 11 is 0. The summed E-state index contributed by atoms with van der Waals surface area (Å²) < 4.78 is 6.58. The first-order valence-corrected chi connectivity index (χ1v) is 17.0. The van der Waals surface area contributed by atoms with Gasteiger partial charge in [-0.3, -0.25) is 0 Å². The molecule has 0 atom stereocenters. The Balaban J connectivity index is 1.24. The summed E-state index contributed by atoms with van der Waals surface area (Å²) in [5, 5.41) is 2.26. The molecule has 9 rings (SSSR count). The summed E-state index contributed by atoms with van der Waals surface area (Å²) in [6.07, 6.45) is 0. The van der Waals surface area contributed by atoms with E-state index in [1.807, 2.05) is 0 Å². The monoisotopic (exact) mass is 639 g/mol. The molecule has 0 aliphatic carbocycles. The van der Waals surface area contributed by atoms with E-state index in [9.17, 15) is 0 Å². The Bertz CT molecular complexity index is 2560. The molecule has 0 unspecified atom stereocenters. The third kappa shape index (κ3) is 5.43. The number of hydrogen-bond donors (Lipinski definition) is 0. The van der Waals surface area contributed by atoms with Crippen molar-refractivity contribution >= 4 is 39.0 Å². The number of rotatable bonds is 7. The van der Waals surface area contributed by atoms with Crippen molar-refractivity contribution in [3.05, 3.63) is 200 Å². The van der Waals surface area contributed by atoms with Crippen LogP contribution in [0, 0.1) is 0 Å². The highest BCUT2D eigenvalue weighted by Crippen LogP contribution is 2.45. The standard InChI is InChI=1S/C48H33NO/c1-5-14-34(15-6-1)36-24-28-41(29-25-36)49(40-20-11-4-12-21-40)45-32-38(35-16-7-2-8-17-35)26-30-42(45)39-27-31-44-47(33-39)50-46-23-13-22-43(48(44)46)37-18-9-3-10-19-37/h1-33H. The van der Waals surface area contributed by atoms with Gasteiger partial charge in [-0.1, -0.05) is 152 Å². The molecule has 0 radical (unpaired) electrons. The van der Waals surface area contributed by atoms with Crippen molar-refractivity contribution in [2.75, 3.05) is 4.90 Å². The molecule has 236 valence electrons. The minimum Gasteiger partial charge on any atom is -0.456 e. The lowest BCUT2D eigenvalue weighted by atomic mass is 9.95. The van der Waals surface area contributed by atoms with Crippen molar-refractivity contribution in [1.82, 2.24) is 0 Å². The van der Waals surface area contributed by atoms with Gasteiger partial charge in [0.05, 0.1) is 5.69 Å². The van der Waals surface area contributed by atoms with Crippen LogP contribution in [0.3, 0.4) is 0 Å². The number of furan rings is 1. The number of hydrogen-bond acceptors (Lipinski definition) is 2. The first-order chi connectivity index (χ1) is 24.8. The molecule has 0 saturated carbocycles. The van der Waals surface area contributed by atoms with E-state index in [4.69, 9.17) is 4.42 Å². The van der Waals surface area contributed by atoms with Gasteiger partial charge in [-0.25, -0.2) is 0 Å². The molecule has 8 aromatic carbocycles. The van der Waals surface area contributed by atoms with Gasteiger partial charge >= 0.3 is 0 Å². The quantitative estimate of drug-likeness (QED) is 0.173. The van der Waals surface area contributed by atoms with Gasteiger partial charge in [0.15, 0.2) is 0 Å². The van der Waals surface area contributed by atoms with E-state index < -0.39 is 0 Å². The number of para-hydroxylation sites is 1. The van der Waals surface area contributed by atoms with E-state index in [-0.39, 0.29) is 0 Å². The zero-order valence-corrected chi connectivity index (χ0v) is 27.4. The van der Waals surface area contributed by atoms with E-state index in [2.05, 4.69) is 205 Å². The van der Waals surface area contributed by atoms with Crippen LogP contribution in [0.25, 0.3) is 66.4 Å². The average molecular weight is 640 g/mol. The van der Waals surface area contributed by atoms with Crippen LogP contribution in [-0.4, -0.2) is 0 Å². The first-order valence-electron chi connectivity index (χ1n) is 17.0. The zero-order chi connectivity index (χ0) is 33.3. The largest absolute Gasteiger partial charge is 0.456 e. The lowest BCUT2D eigenvalue weighted by Crippen LogP contribution is -2.11. The fourth-order valence-electron chi connectivity index (χ4n) is 7.06. The predicted molar refractivity (Wildman–Crippen MR) is 210 cm³/mol. The minimum atomic E-state index is 0.873. The number of fused-ring (bicyclic) bond motifs is 3. The smallest absolute Gasteiger partial charge is 0.136 e. The molecule has 50 heavy (non-hydrogen) atoms. The number of anilines is 3. The van der Waals surface area contributed by atoms with Crippen LogP contribution in [-0.2, 0) is 0 Å². The SMILES string of the molecule is c1ccc(-c2ccc(N(c3ccccc3)c3cc(-c4ccccc4)ccc3-c3ccc4c(c3)oc3cccc(-c5ccccc5)c34)cc2)cc1. The van der Waals surface area contributed by atoms with E-state index in [1.54, 1.807) is 0 Å². The molecule has 1 heterocycles. The van der Waals surface area contributed by atoms with Gasteiger partial charge in [-0.05, 0) is 87.5 Å². The van der Waals surface area contributed by atoms with Crippen LogP contribution in [0.1, 0.15) is 0 Å². The summed E-state index contributed by atoms with van der Waals surface area (Å²) in [5.74, 6) is 0. The lowest BCUT2D eigenvalue weighted by molar-refractivity contribution is 0.669. The highest BCUT2D eigenvalue weighted by Gasteiger charge is 2.20. The van der Waals surface area contributed by atoms with Crippen LogP contribution in [0.15, 0.2) is 205 Å². The van der Waals surface area contributed by atoms with E-state index in [0.717, 1.165) is 55.7 Å². The maximum Gasteiger partial charge on any atom is 0.136 e. The first kappa shape index (κ1) is 29.5. The normalized spacial score (nSPS) is 11.2. The van der Waals surface area contributed by atoms with Gasteiger partial charge in [-0.15, -0.1) is 0 Å². The second-order valence-corrected chi connectivity index (χ2v) is 12.5. The van der Waals surface area contributed by atoms with Gasteiger partial charge in [-0.2, -0.15) is 0 Å². The van der Waals surface area contributed by atoms with Crippen molar-refractivity contribution in [2.45, 2.75) is 0 Å². The Kier molecular flexibility index (Phi) is 7.53. The van der Waals surface area contributed by atoms with Gasteiger partial charge in [0, 0.05) is 27.7 Å². The molecule has 0 N–H and O–H groups in total. The van der Waals surface area contributed by atoms with Crippen LogP contribution in [0.5, 0.6) is 0 Å². The highest BCUT2D eigenvalue weighted by atomic mass is 16.3. The van der Waals surface area contributed by atoms with Crippen molar-refractivity contribution < 1.29 is 4.42 Å². The molecular formula is C48H33NO. The van der Waals surface area contributed by atoms with Crippen LogP contribution in [0.4, 0.5) is 17.1 Å². The van der Waals surface area contributed by atoms with Crippen LogP contribution >= 0.6 is 0 Å². The molecule has 2 heteroatoms. The summed E-state index contributed by atoms with van der Waals surface area (Å²) in [4.78, 5) is 2.37. The van der Waals surface area contributed by atoms with Crippen molar-refractivity contribution in [2.24, 2.45) is 0 Å². The Morgan fingerprint density at radius 3 is 1.54 bits per heavy atom. The molecule has 0 fully saturated rings. The van der Waals surface area contributed by atoms with E-state index >= 15 is 0 Å². The molecule has 0 saturated heterocycles. The molecule has 0 amide bonds. The molecule has 9 aromatic rings. The van der Waals surface area contributed by atoms with Crippen molar-refractivity contribution in [3.8, 4) is 44.5 Å². The third-order valence-corrected chi connectivity index (χ3v) is 9.49. The molecule has 0 aliphatic heterocycles. The average Bonchev–Trinajstić information content (AvgIpc) is 3.58. The van der Waals surface area contributed by atoms with Crippen LogP contribution < -0.4 is 4.90 Å². The van der Waals surface area contributed by atoms with Gasteiger partial charge in [0.1, 0.15) is 11.2 Å². The fraction of sp³-hybridized carbons (Fsp3) is 0. The molecule has 0 aliphatic rings. The maximum absolute atomic E-state index is 6.58. The van der Waals surface area contributed by atoms with Crippen LogP contribution in [0.2, 0.25) is 0 Å². The second-order valence-electron chi connectivity index (χ2n) is 12.5. The fourth-order valence-corrected chi connectivity index (χ4v) is 7.06. The number of nitrogens with zero attached hydrogens (tertiary/aromatic N) is 1. The summed E-state index contributed by atoms with van der Waals surface area (Å²) in [5.41, 5.74) is 14.3. The van der Waals surface area contributed by atoms with Gasteiger partial charge in [0.2, 0.25) is 0 Å². The van der Waals surface area contributed by atoms with E-state index in [1.165, 1.54) is 27.8 Å². The maximum atomic E-state index is 6.58. The Morgan fingerprint density at radius 2 is 0.860 bits per heavy atom. The van der Waals surface area contributed by atoms with Crippen molar-refractivity contribution in [1.29, 1.82) is 0 Å². The van der Waals surface area contributed by atoms with Gasteiger partial charge < -0.3 is 9.32 Å². The summed E-state index contributed by atoms with van der Waals surface area (Å²) in [7, 11) is 0. The third-order valence-electron chi connectivity index (χ3n) is 9.49. The molecule has 0 spiro atoms. The van der Waals surface area contributed by atoms with Gasteiger partial charge in [0.25, 0.3) is 0 Å². The molecular weight excluding hydrogens is 607 g/mol. The van der Waals surface area contributed by atoms with E-state index in [0.29, 0.717) is 0 Å². The highest BCUT2D eigenvalue weighted by molar-refractivity contribution is 6.13. The molecule has 1 aromatic heterocycles. The predicted octanol–water partition coefficient (Wildman–Crippen LogP) is 13.7. The second kappa shape index (κ2) is 12.8. The Morgan fingerprint density at radius 1 is 0.320 bits per heavy atom. The minimum absolute atomic E-state index is 0.873. The van der Waals surface area contributed by atoms with Crippen molar-refractivity contribution in [3.63, 3.8) is 0 Å². The zero-order valence-electron chi connectivity index (χ0n) is 27.4. The topological polar surface area (TPSA) is 16.4 Å². The Hall–Kier alpha value is -6.64. The lowest BCUT2D eigenvalue weighted by Gasteiger charge is -2.28. The molecule has 2 nitrogen and oxygen atoms in total. The Labute approximate surface area is 292 Å². The molecule has 0 bridgehead atoms. The summed E-state index contributed by atoms with van der Waals surface area (Å²) in [6.45, 7) is 0. The summed E-state index contributed by atoms with van der Waals surface area (Å²) in [6, 6.07) is 71.0.